The molecule has 0 radical (unpaired) electrons. The third-order valence-electron chi connectivity index (χ3n) is 2.70. The van der Waals surface area contributed by atoms with E-state index in [1.54, 1.807) is 12.3 Å². The summed E-state index contributed by atoms with van der Waals surface area (Å²) < 4.78 is 0. The van der Waals surface area contributed by atoms with E-state index in [1.165, 1.54) is 0 Å². The van der Waals surface area contributed by atoms with Crippen LogP contribution >= 0.6 is 0 Å². The van der Waals surface area contributed by atoms with Gasteiger partial charge in [-0.2, -0.15) is 0 Å². The average molecular weight is 220 g/mol. The molecule has 3 N–H and O–H groups in total. The van der Waals surface area contributed by atoms with Crippen molar-refractivity contribution in [1.29, 1.82) is 0 Å². The summed E-state index contributed by atoms with van der Waals surface area (Å²) in [6.07, 6.45) is 2.74. The summed E-state index contributed by atoms with van der Waals surface area (Å²) >= 11 is 0. The van der Waals surface area contributed by atoms with Crippen molar-refractivity contribution in [2.45, 2.75) is 6.42 Å². The zero-order valence-electron chi connectivity index (χ0n) is 9.15. The van der Waals surface area contributed by atoms with Crippen molar-refractivity contribution in [3.8, 4) is 0 Å². The molecule has 1 saturated heterocycles. The highest BCUT2D eigenvalue weighted by molar-refractivity contribution is 5.91. The van der Waals surface area contributed by atoms with Gasteiger partial charge in [-0.25, -0.2) is 0 Å². The van der Waals surface area contributed by atoms with Crippen LogP contribution in [0.25, 0.3) is 0 Å². The summed E-state index contributed by atoms with van der Waals surface area (Å²) in [6, 6.07) is 3.67. The van der Waals surface area contributed by atoms with Gasteiger partial charge >= 0.3 is 0 Å². The Morgan fingerprint density at radius 2 is 2.31 bits per heavy atom. The van der Waals surface area contributed by atoms with E-state index in [1.807, 2.05) is 6.07 Å². The van der Waals surface area contributed by atoms with Gasteiger partial charge in [-0.05, 0) is 25.1 Å². The molecule has 1 aliphatic rings. The van der Waals surface area contributed by atoms with E-state index >= 15 is 0 Å². The molecule has 2 rings (SSSR count). The van der Waals surface area contributed by atoms with Gasteiger partial charge in [-0.15, -0.1) is 0 Å². The molecule has 1 amide bonds. The molecule has 1 aromatic rings. The molecular weight excluding hydrogens is 204 g/mol. The van der Waals surface area contributed by atoms with Gasteiger partial charge in [0.25, 0.3) is 5.91 Å². The smallest absolute Gasteiger partial charge is 0.267 e. The van der Waals surface area contributed by atoms with E-state index < -0.39 is 5.91 Å². The molecule has 5 nitrogen and oxygen atoms in total. The minimum atomic E-state index is -0.477. The second-order valence-corrected chi connectivity index (χ2v) is 3.85. The maximum Gasteiger partial charge on any atom is 0.267 e. The van der Waals surface area contributed by atoms with Crippen molar-refractivity contribution in [3.05, 3.63) is 24.0 Å². The van der Waals surface area contributed by atoms with Crippen LogP contribution in [0, 0.1) is 0 Å². The second kappa shape index (κ2) is 4.94. The Balaban J connectivity index is 2.18. The fourth-order valence-corrected chi connectivity index (χ4v) is 1.85. The minimum absolute atomic E-state index is 0.328. The fourth-order valence-electron chi connectivity index (χ4n) is 1.85. The molecule has 1 aliphatic heterocycles. The van der Waals surface area contributed by atoms with Crippen LogP contribution in [0.3, 0.4) is 0 Å². The van der Waals surface area contributed by atoms with Gasteiger partial charge < -0.3 is 16.0 Å². The Morgan fingerprint density at radius 3 is 3.12 bits per heavy atom. The predicted octanol–water partition coefficient (Wildman–Crippen LogP) is -0.0198. The summed E-state index contributed by atoms with van der Waals surface area (Å²) in [5.74, 6) is -0.477. The SMILES string of the molecule is NC(=O)c1cc(N2CCCNCC2)ccn1. The van der Waals surface area contributed by atoms with Gasteiger partial charge in [0.05, 0.1) is 0 Å². The number of nitrogens with two attached hydrogens (primary N) is 1. The first-order valence-electron chi connectivity index (χ1n) is 5.49. The molecule has 0 unspecified atom stereocenters. The lowest BCUT2D eigenvalue weighted by molar-refractivity contribution is 0.0995. The summed E-state index contributed by atoms with van der Waals surface area (Å²) in [7, 11) is 0. The highest BCUT2D eigenvalue weighted by Gasteiger charge is 2.11. The number of carbonyl (C=O) groups excluding carboxylic acids is 1. The quantitative estimate of drug-likeness (QED) is 0.735. The van der Waals surface area contributed by atoms with Crippen LogP contribution in [0.15, 0.2) is 18.3 Å². The highest BCUT2D eigenvalue weighted by atomic mass is 16.1. The molecule has 0 aliphatic carbocycles. The van der Waals surface area contributed by atoms with E-state index in [0.717, 1.165) is 38.3 Å². The molecule has 0 spiro atoms. The lowest BCUT2D eigenvalue weighted by Gasteiger charge is -2.22. The van der Waals surface area contributed by atoms with Crippen molar-refractivity contribution in [1.82, 2.24) is 10.3 Å². The summed E-state index contributed by atoms with van der Waals surface area (Å²) in [5, 5.41) is 3.34. The lowest BCUT2D eigenvalue weighted by Crippen LogP contribution is -2.28. The number of hydrogen-bond acceptors (Lipinski definition) is 4. The normalized spacial score (nSPS) is 16.9. The van der Waals surface area contributed by atoms with E-state index in [4.69, 9.17) is 5.73 Å². The average Bonchev–Trinajstić information content (AvgIpc) is 2.57. The molecule has 1 aromatic heterocycles. The lowest BCUT2D eigenvalue weighted by atomic mass is 10.2. The van der Waals surface area contributed by atoms with Crippen LogP contribution in [-0.2, 0) is 0 Å². The standard InChI is InChI=1S/C11H16N4O/c12-11(16)10-8-9(2-4-14-10)15-6-1-3-13-5-7-15/h2,4,8,13H,1,3,5-7H2,(H2,12,16). The zero-order valence-corrected chi connectivity index (χ0v) is 9.15. The number of nitrogens with zero attached hydrogens (tertiary/aromatic N) is 2. The number of rotatable bonds is 2. The van der Waals surface area contributed by atoms with Gasteiger partial charge in [0.1, 0.15) is 5.69 Å². The molecule has 86 valence electrons. The Morgan fingerprint density at radius 1 is 1.44 bits per heavy atom. The summed E-state index contributed by atoms with van der Waals surface area (Å²) in [5.41, 5.74) is 6.56. The van der Waals surface area contributed by atoms with Crippen molar-refractivity contribution < 1.29 is 4.79 Å². The number of aromatic nitrogens is 1. The van der Waals surface area contributed by atoms with Crippen molar-refractivity contribution in [2.75, 3.05) is 31.1 Å². The van der Waals surface area contributed by atoms with Gasteiger partial charge in [0.2, 0.25) is 0 Å². The van der Waals surface area contributed by atoms with Crippen LogP contribution in [0.4, 0.5) is 5.69 Å². The van der Waals surface area contributed by atoms with E-state index in [0.29, 0.717) is 5.69 Å². The third kappa shape index (κ3) is 2.49. The first kappa shape index (κ1) is 10.9. The number of anilines is 1. The molecule has 0 saturated carbocycles. The Bertz CT molecular complexity index is 372. The van der Waals surface area contributed by atoms with Crippen molar-refractivity contribution in [3.63, 3.8) is 0 Å². The van der Waals surface area contributed by atoms with Crippen LogP contribution in [0.5, 0.6) is 0 Å². The highest BCUT2D eigenvalue weighted by Crippen LogP contribution is 2.15. The maximum absolute atomic E-state index is 11.0. The Labute approximate surface area is 94.6 Å². The molecule has 0 atom stereocenters. The number of amides is 1. The summed E-state index contributed by atoms with van der Waals surface area (Å²) in [4.78, 5) is 17.2. The third-order valence-corrected chi connectivity index (χ3v) is 2.70. The first-order chi connectivity index (χ1) is 7.77. The number of primary amides is 1. The second-order valence-electron chi connectivity index (χ2n) is 3.85. The van der Waals surface area contributed by atoms with Crippen LogP contribution in [-0.4, -0.2) is 37.1 Å². The van der Waals surface area contributed by atoms with Crippen LogP contribution in [0.1, 0.15) is 16.9 Å². The minimum Gasteiger partial charge on any atom is -0.370 e. The molecule has 1 fully saturated rings. The van der Waals surface area contributed by atoms with E-state index in [9.17, 15) is 4.79 Å². The van der Waals surface area contributed by atoms with Gasteiger partial charge in [0, 0.05) is 31.5 Å². The molecular formula is C11H16N4O. The first-order valence-corrected chi connectivity index (χ1v) is 5.49. The van der Waals surface area contributed by atoms with Gasteiger partial charge in [-0.1, -0.05) is 0 Å². The van der Waals surface area contributed by atoms with E-state index in [2.05, 4.69) is 15.2 Å². The maximum atomic E-state index is 11.0. The summed E-state index contributed by atoms with van der Waals surface area (Å²) in [6.45, 7) is 3.95. The number of pyridine rings is 1. The van der Waals surface area contributed by atoms with Crippen molar-refractivity contribution >= 4 is 11.6 Å². The fraction of sp³-hybridized carbons (Fsp3) is 0.455. The molecule has 16 heavy (non-hydrogen) atoms. The Kier molecular flexibility index (Phi) is 3.36. The predicted molar refractivity (Wildman–Crippen MR) is 62.5 cm³/mol. The topological polar surface area (TPSA) is 71.2 Å². The van der Waals surface area contributed by atoms with Gasteiger partial charge in [0.15, 0.2) is 0 Å². The van der Waals surface area contributed by atoms with Crippen LogP contribution in [0.2, 0.25) is 0 Å². The van der Waals surface area contributed by atoms with E-state index in [-0.39, 0.29) is 0 Å². The molecule has 5 heteroatoms. The molecule has 0 bridgehead atoms. The number of hydrogen-bond donors (Lipinski definition) is 2. The number of carbonyl (C=O) groups is 1. The largest absolute Gasteiger partial charge is 0.370 e. The zero-order chi connectivity index (χ0) is 11.4. The molecule has 2 heterocycles. The Hall–Kier alpha value is -1.62. The monoisotopic (exact) mass is 220 g/mol. The van der Waals surface area contributed by atoms with Gasteiger partial charge in [-0.3, -0.25) is 9.78 Å². The molecule has 0 aromatic carbocycles. The number of nitrogens with one attached hydrogen (secondary N) is 1. The van der Waals surface area contributed by atoms with Crippen LogP contribution < -0.4 is 16.0 Å². The van der Waals surface area contributed by atoms with Crippen molar-refractivity contribution in [2.24, 2.45) is 5.73 Å².